The van der Waals surface area contributed by atoms with E-state index in [2.05, 4.69) is 61.5 Å². The standard InChI is InChI=1S/C45H66N7O14PS.C26H44O4/c1-23(27-8-9-28-26-7-6-24-15-25(54)11-13-44(24,2)29(26)16-33(56)45(27,28)3)5-10-36(58)62-22-68-67(60,66-38-31(18-53)65-42(39(38)61-4)51-14-12-34(57)50-43(51)59)63-19-32-30(55)17-35(64-32)52-21-49-37-40(46)47-20-48-41(37)52;1-5-30-24(29)11-6-16(2)20-9-10-21-19-8-7-17-14-18(27)12-13-25(17,3)22(19)15-23(28)26(20,21)4/h12,14,20-21,23-33,35,38-39,42,53-56H,5-11,13,15-19,22H2,1-4H3,(H2,46,47,48)(H,50,57,59);16-23,27-28H,5-15H2,1-4H3/t23?,24?,25?,26?,27?,28?,29?,30-,31-,32-,33?,35-,38+,39?,42-,44?,45?,67?;/m1./s1. The van der Waals surface area contributed by atoms with Crippen molar-refractivity contribution >= 4 is 47.1 Å². The number of fused-ring (bicyclic) bond motifs is 11. The summed E-state index contributed by atoms with van der Waals surface area (Å²) in [5.74, 6) is 4.79. The van der Waals surface area contributed by atoms with Gasteiger partial charge in [0.1, 0.15) is 48.4 Å². The molecule has 13 rings (SSSR count). The van der Waals surface area contributed by atoms with Gasteiger partial charge in [0.2, 0.25) is 0 Å². The normalized spacial score (nSPS) is 42.2. The molecule has 8 saturated carbocycles. The SMILES string of the molecule is CCOC(=O)CCC(C)C1CCC2C3CCC4CC(O)CCC4(C)C3CC(O)C12C.COC1[C@@H](OP(=O)(OC[C@H]2O[C@@H](n3cnc4c(N)ncnc43)C[C@H]2O)SCOC(=O)CCC(C)C2CCC3C4CCC5CC(O)CCC5(C)C4CC(O)C23C)[C@@H](CO)O[C@H]1n1ccc(=O)[nH]c1=O. The Hall–Kier alpha value is -3.89. The van der Waals surface area contributed by atoms with Crippen molar-refractivity contribution in [2.24, 2.45) is 92.7 Å². The van der Waals surface area contributed by atoms with Crippen LogP contribution in [0, 0.1) is 92.7 Å². The number of aromatic nitrogens is 6. The topological polar surface area (TPSA) is 362 Å². The summed E-state index contributed by atoms with van der Waals surface area (Å²) in [5, 5.41) is 65.8. The minimum Gasteiger partial charge on any atom is -0.466 e. The number of nitrogen functional groups attached to an aromatic ring is 1. The number of carbonyl (C=O) groups is 2. The Kier molecular flexibility index (Phi) is 22.4. The number of anilines is 1. The molecule has 22 unspecified atom stereocenters. The molecule has 2 aliphatic heterocycles. The molecule has 0 aromatic carbocycles. The quantitative estimate of drug-likeness (QED) is 0.0281. The Bertz CT molecular complexity index is 3460. The Morgan fingerprint density at radius 2 is 1.32 bits per heavy atom. The highest BCUT2D eigenvalue weighted by Crippen LogP contribution is 2.71. The zero-order valence-corrected chi connectivity index (χ0v) is 60.2. The molecule has 0 amide bonds. The number of imidazole rings is 1. The van der Waals surface area contributed by atoms with Gasteiger partial charge in [-0.1, -0.05) is 41.5 Å². The highest BCUT2D eigenvalue weighted by atomic mass is 32.7. The number of aliphatic hydroxyl groups excluding tert-OH is 6. The summed E-state index contributed by atoms with van der Waals surface area (Å²) < 4.78 is 58.3. The molecule has 548 valence electrons. The number of ether oxygens (including phenoxy) is 5. The molecule has 3 aromatic heterocycles. The molecular weight excluding hydrogens is 1300 g/mol. The molecule has 27 heteroatoms. The van der Waals surface area contributed by atoms with Gasteiger partial charge < -0.3 is 60.1 Å². The van der Waals surface area contributed by atoms with Crippen LogP contribution < -0.4 is 17.0 Å². The van der Waals surface area contributed by atoms with Crippen molar-refractivity contribution in [3.63, 3.8) is 0 Å². The molecular formula is C71H110N7O18PS. The van der Waals surface area contributed by atoms with Crippen molar-refractivity contribution < 1.29 is 77.5 Å². The lowest BCUT2D eigenvalue weighted by molar-refractivity contribution is -0.175. The van der Waals surface area contributed by atoms with Gasteiger partial charge >= 0.3 is 24.4 Å². The molecule has 25 nitrogen and oxygen atoms in total. The van der Waals surface area contributed by atoms with E-state index in [0.717, 1.165) is 100 Å². The summed E-state index contributed by atoms with van der Waals surface area (Å²) >= 11 is 0.574. The zero-order chi connectivity index (χ0) is 70.0. The average molecular weight is 1410 g/mol. The molecule has 0 radical (unpaired) electrons. The van der Waals surface area contributed by atoms with E-state index in [1.807, 2.05) is 6.92 Å². The Balaban J connectivity index is 0.000000253. The molecule has 3 aromatic rings. The van der Waals surface area contributed by atoms with Crippen LogP contribution in [-0.2, 0) is 46.9 Å². The van der Waals surface area contributed by atoms with Gasteiger partial charge in [-0.25, -0.2) is 24.3 Å². The fraction of sp³-hybridized carbons (Fsp3) is 0.845. The molecule has 10 aliphatic rings. The third-order valence-corrected chi connectivity index (χ3v) is 31.1. The van der Waals surface area contributed by atoms with Gasteiger partial charge in [-0.3, -0.25) is 37.5 Å². The van der Waals surface area contributed by atoms with E-state index in [1.165, 1.54) is 51.6 Å². The van der Waals surface area contributed by atoms with Crippen LogP contribution in [0.1, 0.15) is 196 Å². The second-order valence-electron chi connectivity index (χ2n) is 32.2. The van der Waals surface area contributed by atoms with Gasteiger partial charge in [0.25, 0.3) is 5.56 Å². The van der Waals surface area contributed by atoms with Crippen molar-refractivity contribution in [2.45, 2.75) is 251 Å². The van der Waals surface area contributed by atoms with Crippen molar-refractivity contribution in [3.05, 3.63) is 45.8 Å². The maximum absolute atomic E-state index is 14.9. The molecule has 9 N–H and O–H groups in total. The van der Waals surface area contributed by atoms with E-state index in [0.29, 0.717) is 95.3 Å². The van der Waals surface area contributed by atoms with E-state index < -0.39 is 92.2 Å². The van der Waals surface area contributed by atoms with Crippen molar-refractivity contribution in [2.75, 3.05) is 38.6 Å². The van der Waals surface area contributed by atoms with Gasteiger partial charge in [-0.05, 0) is 215 Å². The Morgan fingerprint density at radius 1 is 0.735 bits per heavy atom. The van der Waals surface area contributed by atoms with Crippen LogP contribution in [0.15, 0.2) is 34.5 Å². The van der Waals surface area contributed by atoms with Crippen molar-refractivity contribution in [1.29, 1.82) is 0 Å². The van der Waals surface area contributed by atoms with Crippen molar-refractivity contribution in [1.82, 2.24) is 29.1 Å². The molecule has 5 heterocycles. The number of H-pyrrole nitrogens is 1. The number of hydrogen-bond donors (Lipinski definition) is 8. The maximum Gasteiger partial charge on any atom is 0.392 e. The first-order valence-electron chi connectivity index (χ1n) is 36.7. The van der Waals surface area contributed by atoms with Crippen LogP contribution in [-0.4, -0.2) is 159 Å². The Labute approximate surface area is 578 Å². The number of aromatic amines is 1. The first-order chi connectivity index (χ1) is 46.7. The number of aliphatic hydroxyl groups is 6. The molecule has 0 bridgehead atoms. The van der Waals surface area contributed by atoms with E-state index in [1.54, 1.807) is 4.57 Å². The lowest BCUT2D eigenvalue weighted by Gasteiger charge is -2.62. The summed E-state index contributed by atoms with van der Waals surface area (Å²) in [7, 11) is 1.31. The fourth-order valence-electron chi connectivity index (χ4n) is 22.5. The lowest BCUT2D eigenvalue weighted by Crippen LogP contribution is -2.58. The number of methoxy groups -OCH3 is 1. The highest BCUT2D eigenvalue weighted by molar-refractivity contribution is 8.55. The smallest absolute Gasteiger partial charge is 0.392 e. The number of nitrogens with two attached hydrogens (primary N) is 1. The number of nitrogens with one attached hydrogen (secondary N) is 1. The maximum atomic E-state index is 14.9. The van der Waals surface area contributed by atoms with Gasteiger partial charge in [0.15, 0.2) is 17.7 Å². The number of carbonyl (C=O) groups excluding carboxylic acids is 2. The fourth-order valence-corrected chi connectivity index (χ4v) is 25.3. The predicted octanol–water partition coefficient (Wildman–Crippen LogP) is 8.62. The van der Waals surface area contributed by atoms with E-state index in [4.69, 9.17) is 38.5 Å². The monoisotopic (exact) mass is 1410 g/mol. The van der Waals surface area contributed by atoms with Gasteiger partial charge in [0, 0.05) is 50.0 Å². The van der Waals surface area contributed by atoms with E-state index in [-0.39, 0.29) is 76.4 Å². The second kappa shape index (κ2) is 29.7. The molecule has 0 spiro atoms. The Morgan fingerprint density at radius 3 is 1.87 bits per heavy atom. The predicted molar refractivity (Wildman–Crippen MR) is 363 cm³/mol. The minimum absolute atomic E-state index is 0.0212. The third-order valence-electron chi connectivity index (χ3n) is 27.8. The number of rotatable bonds is 21. The first-order valence-corrected chi connectivity index (χ1v) is 39.8. The molecule has 28 atom stereocenters. The van der Waals surface area contributed by atoms with Crippen LogP contribution in [0.3, 0.4) is 0 Å². The molecule has 2 saturated heterocycles. The summed E-state index contributed by atoms with van der Waals surface area (Å²) in [6, 6.07) is 1.11. The van der Waals surface area contributed by atoms with Crippen LogP contribution in [0.25, 0.3) is 11.2 Å². The second-order valence-corrected chi connectivity index (χ2v) is 36.1. The van der Waals surface area contributed by atoms with Gasteiger partial charge in [-0.15, -0.1) is 0 Å². The summed E-state index contributed by atoms with van der Waals surface area (Å²) in [4.78, 5) is 64.6. The van der Waals surface area contributed by atoms with Gasteiger partial charge in [0.05, 0.1) is 56.7 Å². The van der Waals surface area contributed by atoms with Crippen molar-refractivity contribution in [3.8, 4) is 0 Å². The molecule has 8 aliphatic carbocycles. The van der Waals surface area contributed by atoms with E-state index >= 15 is 0 Å². The zero-order valence-electron chi connectivity index (χ0n) is 58.5. The third kappa shape index (κ3) is 13.8. The number of nitrogens with zero attached hydrogens (tertiary/aromatic N) is 5. The lowest BCUT2D eigenvalue weighted by atomic mass is 9.43. The summed E-state index contributed by atoms with van der Waals surface area (Å²) in [5.41, 5.74) is 5.38. The van der Waals surface area contributed by atoms with Gasteiger partial charge in [-0.2, -0.15) is 0 Å². The van der Waals surface area contributed by atoms with Crippen LogP contribution >= 0.6 is 18.2 Å². The number of hydrogen-bond acceptors (Lipinski definition) is 23. The first kappa shape index (κ1) is 73.8. The van der Waals surface area contributed by atoms with Crippen LogP contribution in [0.4, 0.5) is 5.82 Å². The minimum atomic E-state index is -4.45. The number of esters is 2. The summed E-state index contributed by atoms with van der Waals surface area (Å²) in [6.07, 6.45) is 13.8. The largest absolute Gasteiger partial charge is 0.466 e. The average Bonchev–Trinajstić information content (AvgIpc) is 1.38. The molecule has 98 heavy (non-hydrogen) atoms. The summed E-state index contributed by atoms with van der Waals surface area (Å²) in [6.45, 7) is 10.7. The van der Waals surface area contributed by atoms with Crippen LogP contribution in [0.2, 0.25) is 0 Å². The highest BCUT2D eigenvalue weighted by Gasteiger charge is 2.66. The van der Waals surface area contributed by atoms with Crippen LogP contribution in [0.5, 0.6) is 0 Å². The molecule has 10 fully saturated rings. The van der Waals surface area contributed by atoms with E-state index in [9.17, 15) is 54.4 Å².